The van der Waals surface area contributed by atoms with Crippen LogP contribution in [-0.2, 0) is 0 Å². The highest BCUT2D eigenvalue weighted by molar-refractivity contribution is 6.05. The van der Waals surface area contributed by atoms with Crippen molar-refractivity contribution in [1.82, 2.24) is 4.98 Å². The first-order valence-corrected chi connectivity index (χ1v) is 9.89. The van der Waals surface area contributed by atoms with Crippen molar-refractivity contribution >= 4 is 17.4 Å². The summed E-state index contributed by atoms with van der Waals surface area (Å²) in [5.41, 5.74) is -0.113. The van der Waals surface area contributed by atoms with Crippen molar-refractivity contribution in [3.05, 3.63) is 52.2 Å². The van der Waals surface area contributed by atoms with Crippen LogP contribution in [0.4, 0.5) is 11.5 Å². The molecule has 1 aromatic carbocycles. The Morgan fingerprint density at radius 2 is 2.00 bits per heavy atom. The molecule has 3 rings (SSSR count). The Morgan fingerprint density at radius 3 is 2.72 bits per heavy atom. The van der Waals surface area contributed by atoms with E-state index in [1.165, 1.54) is 37.5 Å². The third-order valence-electron chi connectivity index (χ3n) is 4.92. The van der Waals surface area contributed by atoms with Gasteiger partial charge in [-0.15, -0.1) is 0 Å². The van der Waals surface area contributed by atoms with Gasteiger partial charge in [0, 0.05) is 17.8 Å². The lowest BCUT2D eigenvalue weighted by Crippen LogP contribution is -2.18. The first-order valence-electron chi connectivity index (χ1n) is 9.89. The molecule has 1 aliphatic carbocycles. The van der Waals surface area contributed by atoms with Crippen LogP contribution in [0.2, 0.25) is 0 Å². The number of nitro groups is 1. The molecule has 8 nitrogen and oxygen atoms in total. The zero-order chi connectivity index (χ0) is 20.6. The number of ether oxygens (including phenoxy) is 2. The van der Waals surface area contributed by atoms with E-state index in [0.717, 1.165) is 12.8 Å². The van der Waals surface area contributed by atoms with E-state index in [4.69, 9.17) is 9.47 Å². The van der Waals surface area contributed by atoms with Crippen LogP contribution in [0.5, 0.6) is 11.5 Å². The molecule has 1 saturated carbocycles. The van der Waals surface area contributed by atoms with E-state index in [2.05, 4.69) is 10.3 Å². The summed E-state index contributed by atoms with van der Waals surface area (Å²) in [6.45, 7) is 2.62. The summed E-state index contributed by atoms with van der Waals surface area (Å²) in [7, 11) is 0. The maximum absolute atomic E-state index is 12.6. The first kappa shape index (κ1) is 20.6. The molecule has 0 bridgehead atoms. The number of hydrogen-bond donors (Lipinski definition) is 1. The van der Waals surface area contributed by atoms with Gasteiger partial charge in [-0.3, -0.25) is 14.9 Å². The minimum absolute atomic E-state index is 0.128. The molecule has 154 valence electrons. The number of benzene rings is 1. The summed E-state index contributed by atoms with van der Waals surface area (Å²) >= 11 is 0. The Morgan fingerprint density at radius 1 is 1.21 bits per heavy atom. The molecule has 2 aromatic rings. The fourth-order valence-corrected chi connectivity index (χ4v) is 3.42. The minimum Gasteiger partial charge on any atom is -0.489 e. The number of hydrogen-bond acceptors (Lipinski definition) is 6. The highest BCUT2D eigenvalue weighted by atomic mass is 16.6. The molecule has 29 heavy (non-hydrogen) atoms. The predicted octanol–water partition coefficient (Wildman–Crippen LogP) is 4.60. The third kappa shape index (κ3) is 5.43. The Balaban J connectivity index is 1.72. The molecule has 0 unspecified atom stereocenters. The van der Waals surface area contributed by atoms with Crippen LogP contribution in [0.3, 0.4) is 0 Å². The number of amides is 1. The monoisotopic (exact) mass is 399 g/mol. The number of rotatable bonds is 8. The summed E-state index contributed by atoms with van der Waals surface area (Å²) in [6, 6.07) is 7.61. The number of carbonyl (C=O) groups excluding carboxylic acids is 1. The fourth-order valence-electron chi connectivity index (χ4n) is 3.42. The molecule has 1 aromatic heterocycles. The normalized spacial score (nSPS) is 14.2. The lowest BCUT2D eigenvalue weighted by molar-refractivity contribution is -0.385. The van der Waals surface area contributed by atoms with E-state index in [0.29, 0.717) is 30.7 Å². The Bertz CT molecular complexity index is 865. The second kappa shape index (κ2) is 9.86. The first-order chi connectivity index (χ1) is 14.1. The van der Waals surface area contributed by atoms with Crippen molar-refractivity contribution in [2.24, 2.45) is 5.92 Å². The van der Waals surface area contributed by atoms with Gasteiger partial charge in [-0.25, -0.2) is 4.98 Å². The van der Waals surface area contributed by atoms with Crippen molar-refractivity contribution in [2.75, 3.05) is 18.5 Å². The van der Waals surface area contributed by atoms with Crippen LogP contribution in [0.25, 0.3) is 0 Å². The Labute approximate surface area is 169 Å². The summed E-state index contributed by atoms with van der Waals surface area (Å²) < 4.78 is 11.2. The molecule has 0 atom stereocenters. The lowest BCUT2D eigenvalue weighted by atomic mass is 9.90. The van der Waals surface area contributed by atoms with Gasteiger partial charge in [0.05, 0.1) is 18.1 Å². The van der Waals surface area contributed by atoms with Crippen molar-refractivity contribution in [2.45, 2.75) is 39.0 Å². The topological polar surface area (TPSA) is 104 Å². The highest BCUT2D eigenvalue weighted by Crippen LogP contribution is 2.30. The molecular formula is C21H25N3O5. The molecular weight excluding hydrogens is 374 g/mol. The van der Waals surface area contributed by atoms with Gasteiger partial charge in [-0.2, -0.15) is 0 Å². The third-order valence-corrected chi connectivity index (χ3v) is 4.92. The molecule has 1 amide bonds. The van der Waals surface area contributed by atoms with Gasteiger partial charge in [0.2, 0.25) is 0 Å². The van der Waals surface area contributed by atoms with Crippen molar-refractivity contribution in [1.29, 1.82) is 0 Å². The molecule has 1 heterocycles. The average Bonchev–Trinajstić information content (AvgIpc) is 2.74. The van der Waals surface area contributed by atoms with E-state index in [-0.39, 0.29) is 17.0 Å². The van der Waals surface area contributed by atoms with Gasteiger partial charge in [-0.05, 0) is 49.9 Å². The summed E-state index contributed by atoms with van der Waals surface area (Å²) in [5.74, 6) is 0.929. The number of anilines is 1. The molecule has 0 aliphatic heterocycles. The molecule has 1 N–H and O–H groups in total. The van der Waals surface area contributed by atoms with Crippen molar-refractivity contribution in [3.63, 3.8) is 0 Å². The second-order valence-electron chi connectivity index (χ2n) is 6.99. The Kier molecular flexibility index (Phi) is 6.99. The zero-order valence-electron chi connectivity index (χ0n) is 16.4. The average molecular weight is 399 g/mol. The van der Waals surface area contributed by atoms with Crippen molar-refractivity contribution < 1.29 is 19.2 Å². The minimum atomic E-state index is -0.568. The van der Waals surface area contributed by atoms with Gasteiger partial charge >= 0.3 is 5.69 Å². The van der Waals surface area contributed by atoms with Gasteiger partial charge in [0.15, 0.2) is 17.3 Å². The molecule has 1 aliphatic rings. The van der Waals surface area contributed by atoms with Gasteiger partial charge < -0.3 is 14.8 Å². The number of nitrogens with one attached hydrogen (secondary N) is 1. The zero-order valence-corrected chi connectivity index (χ0v) is 16.4. The molecule has 8 heteroatoms. The van der Waals surface area contributed by atoms with E-state index >= 15 is 0 Å². The summed E-state index contributed by atoms with van der Waals surface area (Å²) in [4.78, 5) is 27.6. The highest BCUT2D eigenvalue weighted by Gasteiger charge is 2.20. The number of aromatic nitrogens is 1. The lowest BCUT2D eigenvalue weighted by Gasteiger charge is -2.22. The summed E-state index contributed by atoms with van der Waals surface area (Å²) in [5, 5.41) is 14.0. The largest absolute Gasteiger partial charge is 0.489 e. The second-order valence-corrected chi connectivity index (χ2v) is 6.99. The van der Waals surface area contributed by atoms with E-state index in [9.17, 15) is 14.9 Å². The number of nitro benzene ring substituents is 1. The molecule has 0 saturated heterocycles. The Hall–Kier alpha value is -3.16. The van der Waals surface area contributed by atoms with E-state index < -0.39 is 10.8 Å². The maximum Gasteiger partial charge on any atom is 0.311 e. The predicted molar refractivity (Wildman–Crippen MR) is 109 cm³/mol. The van der Waals surface area contributed by atoms with Crippen LogP contribution >= 0.6 is 0 Å². The van der Waals surface area contributed by atoms with E-state index in [1.807, 2.05) is 0 Å². The van der Waals surface area contributed by atoms with Crippen molar-refractivity contribution in [3.8, 4) is 11.5 Å². The van der Waals surface area contributed by atoms with Gasteiger partial charge in [0.25, 0.3) is 5.91 Å². The SMILES string of the molecule is CCOc1ccc(C(=O)Nc2ncccc2OCC2CCCCC2)cc1[N+](=O)[O-]. The van der Waals surface area contributed by atoms with Gasteiger partial charge in [0.1, 0.15) is 0 Å². The number of nitrogens with zero attached hydrogens (tertiary/aromatic N) is 2. The standard InChI is InChI=1S/C21H25N3O5/c1-2-28-18-11-10-16(13-17(18)24(26)27)21(25)23-20-19(9-6-12-22-20)29-14-15-7-4-3-5-8-15/h6,9-13,15H,2-5,7-8,14H2,1H3,(H,22,23,25). The number of pyridine rings is 1. The maximum atomic E-state index is 12.6. The van der Waals surface area contributed by atoms with Crippen LogP contribution in [0, 0.1) is 16.0 Å². The summed E-state index contributed by atoms with van der Waals surface area (Å²) in [6.07, 6.45) is 7.58. The van der Waals surface area contributed by atoms with Gasteiger partial charge in [-0.1, -0.05) is 19.3 Å². The smallest absolute Gasteiger partial charge is 0.311 e. The number of carbonyl (C=O) groups is 1. The van der Waals surface area contributed by atoms with Crippen LogP contribution in [0.1, 0.15) is 49.4 Å². The van der Waals surface area contributed by atoms with Crippen LogP contribution in [-0.4, -0.2) is 29.0 Å². The van der Waals surface area contributed by atoms with E-state index in [1.54, 1.807) is 25.3 Å². The van der Waals surface area contributed by atoms with Crippen LogP contribution in [0.15, 0.2) is 36.5 Å². The fraction of sp³-hybridized carbons (Fsp3) is 0.429. The quantitative estimate of drug-likeness (QED) is 0.514. The molecule has 0 spiro atoms. The molecule has 1 fully saturated rings. The molecule has 0 radical (unpaired) electrons. The van der Waals surface area contributed by atoms with Crippen LogP contribution < -0.4 is 14.8 Å².